The van der Waals surface area contributed by atoms with Gasteiger partial charge in [0.25, 0.3) is 0 Å². The Labute approximate surface area is 333 Å². The molecule has 0 saturated heterocycles. The standard InChI is InChI=1S/C34H50N2O2S10/c1-3-5-7-9-11-13-19-41-29-30(42-20-14-12-10-8-6-4-2)46-33(45-29)34-47-31-32(48-34)44-24-18-38-16-22-40-28(26-36)27(25-35)39-21-15-37-17-23-43-31/h3-24H2,1-2H3/b28-27-. The molecule has 48 heavy (non-hydrogen) atoms. The Morgan fingerprint density at radius 1 is 0.500 bits per heavy atom. The lowest BCUT2D eigenvalue weighted by Crippen LogP contribution is -2.03. The largest absolute Gasteiger partial charge is 0.380 e. The number of hydrogen-bond donors (Lipinski definition) is 0. The van der Waals surface area contributed by atoms with Gasteiger partial charge < -0.3 is 9.47 Å². The zero-order valence-corrected chi connectivity index (χ0v) is 36.5. The Morgan fingerprint density at radius 3 is 1.29 bits per heavy atom. The van der Waals surface area contributed by atoms with Gasteiger partial charge in [-0.25, -0.2) is 0 Å². The summed E-state index contributed by atoms with van der Waals surface area (Å²) in [6.45, 7) is 7.05. The molecule has 0 spiro atoms. The number of ether oxygens (including phenoxy) is 2. The third-order valence-corrected chi connectivity index (χ3v) is 20.7. The fraction of sp³-hybridized carbons (Fsp3) is 0.706. The number of thioether (sulfide) groups is 10. The summed E-state index contributed by atoms with van der Waals surface area (Å²) in [6, 6.07) is 4.39. The Bertz CT molecular complexity index is 1090. The van der Waals surface area contributed by atoms with Crippen LogP contribution in [0.4, 0.5) is 0 Å². The van der Waals surface area contributed by atoms with Crippen LogP contribution in [0.3, 0.4) is 0 Å². The quantitative estimate of drug-likeness (QED) is 0.139. The van der Waals surface area contributed by atoms with Crippen LogP contribution >= 0.6 is 118 Å². The SMILES string of the molecule is CCCCCCCCSC1=C(SCCCCCCCC)SC(=C2SC3=C(SCCOCCS/C(C#N)=C(/C#N)SCCOCCS3)S2)S1. The van der Waals surface area contributed by atoms with Crippen molar-refractivity contribution < 1.29 is 9.47 Å². The predicted molar refractivity (Wildman–Crippen MR) is 233 cm³/mol. The molecule has 0 unspecified atom stereocenters. The van der Waals surface area contributed by atoms with E-state index in [-0.39, 0.29) is 0 Å². The molecule has 3 heterocycles. The summed E-state index contributed by atoms with van der Waals surface area (Å²) >= 11 is 18.8. The molecule has 0 N–H and O–H groups in total. The lowest BCUT2D eigenvalue weighted by Gasteiger charge is -2.08. The molecule has 3 rings (SSSR count). The number of hydrogen-bond acceptors (Lipinski definition) is 14. The van der Waals surface area contributed by atoms with Gasteiger partial charge in [-0.2, -0.15) is 10.5 Å². The number of unbranched alkanes of at least 4 members (excludes halogenated alkanes) is 10. The molecule has 0 atom stereocenters. The van der Waals surface area contributed by atoms with Gasteiger partial charge in [-0.05, 0) is 24.3 Å². The van der Waals surface area contributed by atoms with E-state index in [1.807, 2.05) is 70.6 Å². The normalized spacial score (nSPS) is 20.8. The molecule has 0 bridgehead atoms. The Balaban J connectivity index is 1.58. The van der Waals surface area contributed by atoms with Crippen LogP contribution in [-0.2, 0) is 9.47 Å². The third-order valence-electron chi connectivity index (χ3n) is 6.98. The van der Waals surface area contributed by atoms with E-state index in [2.05, 4.69) is 49.5 Å². The van der Waals surface area contributed by atoms with Crippen LogP contribution in [0.1, 0.15) is 90.9 Å². The molecule has 3 aliphatic rings. The Kier molecular flexibility index (Phi) is 26.3. The van der Waals surface area contributed by atoms with Crippen molar-refractivity contribution in [3.8, 4) is 12.1 Å². The van der Waals surface area contributed by atoms with E-state index in [1.165, 1.54) is 138 Å². The van der Waals surface area contributed by atoms with Crippen LogP contribution in [0.2, 0.25) is 0 Å². The summed E-state index contributed by atoms with van der Waals surface area (Å²) < 4.78 is 20.6. The van der Waals surface area contributed by atoms with Crippen molar-refractivity contribution >= 4 is 118 Å². The van der Waals surface area contributed by atoms with E-state index < -0.39 is 0 Å². The summed E-state index contributed by atoms with van der Waals surface area (Å²) in [7, 11) is 0. The van der Waals surface area contributed by atoms with Gasteiger partial charge in [-0.3, -0.25) is 0 Å². The number of nitrogens with zero attached hydrogens (tertiary/aromatic N) is 2. The van der Waals surface area contributed by atoms with Crippen molar-refractivity contribution in [3.05, 3.63) is 35.2 Å². The highest BCUT2D eigenvalue weighted by Crippen LogP contribution is 2.66. The van der Waals surface area contributed by atoms with E-state index in [9.17, 15) is 10.5 Å². The van der Waals surface area contributed by atoms with Gasteiger partial charge in [-0.15, -0.1) is 70.6 Å². The minimum atomic E-state index is 0.483. The second kappa shape index (κ2) is 28.8. The second-order valence-corrected chi connectivity index (χ2v) is 23.1. The first kappa shape index (κ1) is 43.8. The molecule has 268 valence electrons. The molecule has 4 nitrogen and oxygen atoms in total. The predicted octanol–water partition coefficient (Wildman–Crippen LogP) is 13.8. The minimum Gasteiger partial charge on any atom is -0.380 e. The van der Waals surface area contributed by atoms with Crippen molar-refractivity contribution in [3.63, 3.8) is 0 Å². The highest BCUT2D eigenvalue weighted by atomic mass is 32.3. The molecular formula is C34H50N2O2S10. The third kappa shape index (κ3) is 17.9. The highest BCUT2D eigenvalue weighted by Gasteiger charge is 2.31. The number of rotatable bonds is 16. The van der Waals surface area contributed by atoms with Crippen LogP contribution in [0.5, 0.6) is 0 Å². The van der Waals surface area contributed by atoms with E-state index in [1.54, 1.807) is 0 Å². The summed E-state index contributed by atoms with van der Waals surface area (Å²) in [4.78, 5) is 0.967. The minimum absolute atomic E-state index is 0.483. The van der Waals surface area contributed by atoms with Gasteiger partial charge in [0.2, 0.25) is 0 Å². The maximum absolute atomic E-state index is 9.54. The average molecular weight is 839 g/mol. The van der Waals surface area contributed by atoms with Gasteiger partial charge in [0.15, 0.2) is 0 Å². The molecule has 0 fully saturated rings. The molecule has 0 saturated carbocycles. The van der Waals surface area contributed by atoms with Crippen molar-refractivity contribution in [1.82, 2.24) is 0 Å². The molecule has 0 amide bonds. The molecule has 14 heteroatoms. The first-order valence-electron chi connectivity index (χ1n) is 17.1. The summed E-state index contributed by atoms with van der Waals surface area (Å²) in [5.41, 5.74) is 0. The molecule has 0 aromatic carbocycles. The van der Waals surface area contributed by atoms with Crippen LogP contribution in [-0.4, -0.2) is 60.9 Å². The Morgan fingerprint density at radius 2 is 0.875 bits per heavy atom. The molecule has 3 aliphatic heterocycles. The highest BCUT2D eigenvalue weighted by molar-refractivity contribution is 8.45. The van der Waals surface area contributed by atoms with Crippen molar-refractivity contribution in [1.29, 1.82) is 10.5 Å². The average Bonchev–Trinajstić information content (AvgIpc) is 3.70. The Hall–Kier alpha value is 1.36. The van der Waals surface area contributed by atoms with E-state index >= 15 is 0 Å². The monoisotopic (exact) mass is 838 g/mol. The van der Waals surface area contributed by atoms with Crippen molar-refractivity contribution in [2.45, 2.75) is 90.9 Å². The van der Waals surface area contributed by atoms with Crippen LogP contribution in [0, 0.1) is 22.7 Å². The molecular weight excluding hydrogens is 789 g/mol. The van der Waals surface area contributed by atoms with Gasteiger partial charge >= 0.3 is 0 Å². The zero-order valence-electron chi connectivity index (χ0n) is 28.3. The lowest BCUT2D eigenvalue weighted by atomic mass is 10.1. The molecule has 0 aromatic heterocycles. The topological polar surface area (TPSA) is 66.0 Å². The maximum atomic E-state index is 9.54. The van der Waals surface area contributed by atoms with Crippen LogP contribution in [0.25, 0.3) is 0 Å². The molecule has 0 aromatic rings. The van der Waals surface area contributed by atoms with Crippen molar-refractivity contribution in [2.75, 3.05) is 60.9 Å². The summed E-state index contributed by atoms with van der Waals surface area (Å²) in [6.07, 6.45) is 16.2. The van der Waals surface area contributed by atoms with Gasteiger partial charge in [0, 0.05) is 23.0 Å². The van der Waals surface area contributed by atoms with Gasteiger partial charge in [0.1, 0.15) is 21.9 Å². The maximum Gasteiger partial charge on any atom is 0.109 e. The van der Waals surface area contributed by atoms with Crippen LogP contribution in [0.15, 0.2) is 35.2 Å². The fourth-order valence-electron chi connectivity index (χ4n) is 4.45. The fourth-order valence-corrected chi connectivity index (χ4v) is 18.1. The van der Waals surface area contributed by atoms with Gasteiger partial charge in [-0.1, -0.05) is 125 Å². The summed E-state index contributed by atoms with van der Waals surface area (Å²) in [5, 5.41) is 19.1. The number of allylic oxidation sites excluding steroid dienone is 2. The first-order valence-corrected chi connectivity index (χ1v) is 26.3. The lowest BCUT2D eigenvalue weighted by molar-refractivity contribution is 0.167. The smallest absolute Gasteiger partial charge is 0.109 e. The summed E-state index contributed by atoms with van der Waals surface area (Å²) in [5.74, 6) is 5.58. The van der Waals surface area contributed by atoms with Gasteiger partial charge in [0.05, 0.1) is 51.9 Å². The first-order chi connectivity index (χ1) is 23.7. The molecule has 0 radical (unpaired) electrons. The van der Waals surface area contributed by atoms with E-state index in [0.717, 1.165) is 11.5 Å². The van der Waals surface area contributed by atoms with E-state index in [0.29, 0.717) is 47.7 Å². The second-order valence-electron chi connectivity index (χ2n) is 10.9. The van der Waals surface area contributed by atoms with E-state index in [4.69, 9.17) is 9.47 Å². The van der Waals surface area contributed by atoms with Crippen LogP contribution < -0.4 is 0 Å². The zero-order chi connectivity index (χ0) is 34.1. The van der Waals surface area contributed by atoms with Crippen molar-refractivity contribution in [2.24, 2.45) is 0 Å². The molecule has 0 aliphatic carbocycles. The number of nitriles is 2.